The van der Waals surface area contributed by atoms with Gasteiger partial charge in [0.05, 0.1) is 6.07 Å². The zero-order valence-electron chi connectivity index (χ0n) is 9.98. The average Bonchev–Trinajstić information content (AvgIpc) is 2.87. The van der Waals surface area contributed by atoms with Gasteiger partial charge in [0.25, 0.3) is 0 Å². The Balaban J connectivity index is 2.08. The van der Waals surface area contributed by atoms with Gasteiger partial charge in [-0.15, -0.1) is 11.3 Å². The lowest BCUT2D eigenvalue weighted by Crippen LogP contribution is -2.19. The lowest BCUT2D eigenvalue weighted by atomic mass is 10.1. The second kappa shape index (κ2) is 6.14. The molecule has 1 atom stereocenters. The molecule has 2 aromatic rings. The highest BCUT2D eigenvalue weighted by molar-refractivity contribution is 9.10. The molecule has 0 spiro atoms. The lowest BCUT2D eigenvalue weighted by molar-refractivity contribution is 0.635. The summed E-state index contributed by atoms with van der Waals surface area (Å²) in [6.07, 6.45) is 0. The highest BCUT2D eigenvalue weighted by Crippen LogP contribution is 2.21. The van der Waals surface area contributed by atoms with E-state index in [2.05, 4.69) is 33.4 Å². The summed E-state index contributed by atoms with van der Waals surface area (Å²) in [5.74, 6) is 0. The first-order valence-electron chi connectivity index (χ1n) is 5.62. The molecule has 18 heavy (non-hydrogen) atoms. The first kappa shape index (κ1) is 13.3. The zero-order valence-corrected chi connectivity index (χ0v) is 12.4. The Bertz CT molecular complexity index is 558. The van der Waals surface area contributed by atoms with Crippen LogP contribution in [-0.4, -0.2) is 0 Å². The highest BCUT2D eigenvalue weighted by atomic mass is 79.9. The van der Waals surface area contributed by atoms with Gasteiger partial charge in [-0.05, 0) is 35.6 Å². The van der Waals surface area contributed by atoms with Crippen LogP contribution >= 0.6 is 27.3 Å². The minimum Gasteiger partial charge on any atom is -0.293 e. The number of benzene rings is 1. The molecule has 1 aromatic heterocycles. The van der Waals surface area contributed by atoms with E-state index in [1.807, 2.05) is 36.6 Å². The minimum absolute atomic E-state index is 0.265. The molecular formula is C14H13BrN2S. The number of hydrogen-bond acceptors (Lipinski definition) is 3. The molecule has 0 aliphatic rings. The van der Waals surface area contributed by atoms with Crippen LogP contribution < -0.4 is 5.32 Å². The molecule has 0 amide bonds. The number of nitrogens with one attached hydrogen (secondary N) is 1. The monoisotopic (exact) mass is 320 g/mol. The second-order valence-corrected chi connectivity index (χ2v) is 5.92. The smallest absolute Gasteiger partial charge is 0.121 e. The number of rotatable bonds is 4. The van der Waals surface area contributed by atoms with E-state index >= 15 is 0 Å². The van der Waals surface area contributed by atoms with Crippen molar-refractivity contribution in [1.29, 1.82) is 5.26 Å². The summed E-state index contributed by atoms with van der Waals surface area (Å²) >= 11 is 5.17. The van der Waals surface area contributed by atoms with Crippen molar-refractivity contribution in [3.8, 4) is 6.07 Å². The lowest BCUT2D eigenvalue weighted by Gasteiger charge is -2.12. The summed E-state index contributed by atoms with van der Waals surface area (Å²) in [4.78, 5) is 1.24. The van der Waals surface area contributed by atoms with Crippen LogP contribution in [0, 0.1) is 18.3 Å². The third-order valence-electron chi connectivity index (χ3n) is 2.70. The molecule has 0 fully saturated rings. The molecule has 0 aliphatic heterocycles. The van der Waals surface area contributed by atoms with Crippen molar-refractivity contribution >= 4 is 27.3 Å². The van der Waals surface area contributed by atoms with Crippen LogP contribution in [0.25, 0.3) is 0 Å². The van der Waals surface area contributed by atoms with Crippen LogP contribution in [0.4, 0.5) is 0 Å². The van der Waals surface area contributed by atoms with Gasteiger partial charge in [0.2, 0.25) is 0 Å². The standard InChI is InChI=1S/C14H13BrN2S/c1-10-7-11(4-5-13(10)15)14(8-16)17-9-12-3-2-6-18-12/h2-7,14,17H,9H2,1H3. The molecule has 1 unspecified atom stereocenters. The molecular weight excluding hydrogens is 308 g/mol. The predicted molar refractivity (Wildman–Crippen MR) is 78.4 cm³/mol. The Morgan fingerprint density at radius 2 is 2.28 bits per heavy atom. The molecule has 0 radical (unpaired) electrons. The summed E-state index contributed by atoms with van der Waals surface area (Å²) in [5.41, 5.74) is 2.15. The van der Waals surface area contributed by atoms with Crippen molar-refractivity contribution in [2.75, 3.05) is 0 Å². The fraction of sp³-hybridized carbons (Fsp3) is 0.214. The van der Waals surface area contributed by atoms with Crippen molar-refractivity contribution in [2.45, 2.75) is 19.5 Å². The molecule has 2 nitrogen and oxygen atoms in total. The number of hydrogen-bond donors (Lipinski definition) is 1. The van der Waals surface area contributed by atoms with E-state index in [9.17, 15) is 5.26 Å². The summed E-state index contributed by atoms with van der Waals surface area (Å²) in [6, 6.07) is 12.1. The molecule has 2 rings (SSSR count). The molecule has 0 aliphatic carbocycles. The first-order chi connectivity index (χ1) is 8.70. The minimum atomic E-state index is -0.265. The molecule has 0 bridgehead atoms. The predicted octanol–water partition coefficient (Wildman–Crippen LogP) is 4.17. The van der Waals surface area contributed by atoms with Crippen LogP contribution in [0.3, 0.4) is 0 Å². The highest BCUT2D eigenvalue weighted by Gasteiger charge is 2.10. The SMILES string of the molecule is Cc1cc(C(C#N)NCc2cccs2)ccc1Br. The van der Waals surface area contributed by atoms with Crippen molar-refractivity contribution in [3.63, 3.8) is 0 Å². The van der Waals surface area contributed by atoms with Crippen LogP contribution in [0.2, 0.25) is 0 Å². The van der Waals surface area contributed by atoms with Gasteiger partial charge in [0, 0.05) is 15.9 Å². The normalized spacial score (nSPS) is 12.1. The second-order valence-electron chi connectivity index (χ2n) is 4.03. The van der Waals surface area contributed by atoms with Crippen molar-refractivity contribution in [1.82, 2.24) is 5.32 Å². The van der Waals surface area contributed by atoms with E-state index in [-0.39, 0.29) is 6.04 Å². The Hall–Kier alpha value is -1.15. The summed E-state index contributed by atoms with van der Waals surface area (Å²) < 4.78 is 1.07. The largest absolute Gasteiger partial charge is 0.293 e. The van der Waals surface area contributed by atoms with E-state index in [4.69, 9.17) is 0 Å². The fourth-order valence-electron chi connectivity index (χ4n) is 1.70. The number of halogens is 1. The summed E-state index contributed by atoms with van der Waals surface area (Å²) in [5, 5.41) is 14.6. The molecule has 4 heteroatoms. The van der Waals surface area contributed by atoms with Crippen LogP contribution in [0.15, 0.2) is 40.2 Å². The van der Waals surface area contributed by atoms with E-state index < -0.39 is 0 Å². The zero-order chi connectivity index (χ0) is 13.0. The average molecular weight is 321 g/mol. The molecule has 1 aromatic carbocycles. The maximum absolute atomic E-state index is 9.25. The van der Waals surface area contributed by atoms with Gasteiger partial charge in [-0.3, -0.25) is 5.32 Å². The number of thiophene rings is 1. The van der Waals surface area contributed by atoms with Crippen molar-refractivity contribution in [3.05, 3.63) is 56.2 Å². The van der Waals surface area contributed by atoms with Crippen molar-refractivity contribution in [2.24, 2.45) is 0 Å². The fourth-order valence-corrected chi connectivity index (χ4v) is 2.60. The third kappa shape index (κ3) is 3.20. The third-order valence-corrected chi connectivity index (χ3v) is 4.47. The van der Waals surface area contributed by atoms with Gasteiger partial charge in [-0.2, -0.15) is 5.26 Å². The molecule has 1 heterocycles. The quantitative estimate of drug-likeness (QED) is 0.917. The molecule has 1 N–H and O–H groups in total. The van der Waals surface area contributed by atoms with Gasteiger partial charge < -0.3 is 0 Å². The van der Waals surface area contributed by atoms with E-state index in [1.165, 1.54) is 4.88 Å². The Morgan fingerprint density at radius 3 is 2.89 bits per heavy atom. The van der Waals surface area contributed by atoms with Gasteiger partial charge in [-0.1, -0.05) is 34.1 Å². The van der Waals surface area contributed by atoms with Crippen LogP contribution in [0.1, 0.15) is 22.0 Å². The number of aryl methyl sites for hydroxylation is 1. The maximum atomic E-state index is 9.25. The molecule has 0 saturated carbocycles. The summed E-state index contributed by atoms with van der Waals surface area (Å²) in [6.45, 7) is 2.76. The maximum Gasteiger partial charge on any atom is 0.121 e. The summed E-state index contributed by atoms with van der Waals surface area (Å²) in [7, 11) is 0. The van der Waals surface area contributed by atoms with E-state index in [0.717, 1.165) is 22.1 Å². The van der Waals surface area contributed by atoms with Gasteiger partial charge in [0.15, 0.2) is 0 Å². The topological polar surface area (TPSA) is 35.8 Å². The van der Waals surface area contributed by atoms with Crippen LogP contribution in [0.5, 0.6) is 0 Å². The first-order valence-corrected chi connectivity index (χ1v) is 7.29. The van der Waals surface area contributed by atoms with Crippen molar-refractivity contribution < 1.29 is 0 Å². The van der Waals surface area contributed by atoms with Crippen LogP contribution in [-0.2, 0) is 6.54 Å². The number of nitrogens with zero attached hydrogens (tertiary/aromatic N) is 1. The van der Waals surface area contributed by atoms with Gasteiger partial charge in [-0.25, -0.2) is 0 Å². The number of nitriles is 1. The van der Waals surface area contributed by atoms with Gasteiger partial charge in [0.1, 0.15) is 6.04 Å². The van der Waals surface area contributed by atoms with Gasteiger partial charge >= 0.3 is 0 Å². The van der Waals surface area contributed by atoms with E-state index in [0.29, 0.717) is 0 Å². The molecule has 92 valence electrons. The Labute approximate surface area is 119 Å². The Morgan fingerprint density at radius 1 is 1.44 bits per heavy atom. The molecule has 0 saturated heterocycles. The Kier molecular flexibility index (Phi) is 4.54. The van der Waals surface area contributed by atoms with E-state index in [1.54, 1.807) is 11.3 Å².